The van der Waals surface area contributed by atoms with Crippen molar-refractivity contribution in [3.63, 3.8) is 0 Å². The van der Waals surface area contributed by atoms with Crippen LogP contribution in [0.15, 0.2) is 18.2 Å². The molecule has 1 saturated carbocycles. The summed E-state index contributed by atoms with van der Waals surface area (Å²) in [4.78, 5) is 31.3. The third-order valence-electron chi connectivity index (χ3n) is 6.32. The molecule has 6 nitrogen and oxygen atoms in total. The first-order chi connectivity index (χ1) is 13.5. The van der Waals surface area contributed by atoms with Gasteiger partial charge in [-0.25, -0.2) is 0 Å². The SMILES string of the molecule is CN(CCCC(=O)O)C(=O)c1ccc2[nH]c3c(c2c1)CN(C1CCCC1)CC3. The van der Waals surface area contributed by atoms with E-state index in [-0.39, 0.29) is 12.3 Å². The molecule has 6 heteroatoms. The molecule has 150 valence electrons. The Balaban J connectivity index is 1.53. The Morgan fingerprint density at radius 2 is 2.07 bits per heavy atom. The molecule has 1 aromatic carbocycles. The Morgan fingerprint density at radius 1 is 1.29 bits per heavy atom. The van der Waals surface area contributed by atoms with Crippen LogP contribution in [0.1, 0.15) is 60.1 Å². The van der Waals surface area contributed by atoms with Gasteiger partial charge in [0, 0.05) is 67.7 Å². The number of aromatic nitrogens is 1. The van der Waals surface area contributed by atoms with E-state index in [1.165, 1.54) is 36.9 Å². The van der Waals surface area contributed by atoms with Crippen LogP contribution in [-0.2, 0) is 17.8 Å². The van der Waals surface area contributed by atoms with Gasteiger partial charge in [-0.2, -0.15) is 0 Å². The zero-order valence-electron chi connectivity index (χ0n) is 16.5. The number of hydrogen-bond acceptors (Lipinski definition) is 3. The number of benzene rings is 1. The first-order valence-corrected chi connectivity index (χ1v) is 10.4. The third-order valence-corrected chi connectivity index (χ3v) is 6.32. The number of nitrogens with zero attached hydrogens (tertiary/aromatic N) is 2. The second-order valence-electron chi connectivity index (χ2n) is 8.23. The van der Waals surface area contributed by atoms with Crippen LogP contribution in [-0.4, -0.2) is 57.9 Å². The lowest BCUT2D eigenvalue weighted by Gasteiger charge is -2.32. The van der Waals surface area contributed by atoms with Gasteiger partial charge in [-0.3, -0.25) is 14.5 Å². The second-order valence-corrected chi connectivity index (χ2v) is 8.23. The molecule has 0 radical (unpaired) electrons. The maximum atomic E-state index is 12.8. The van der Waals surface area contributed by atoms with Gasteiger partial charge in [-0.1, -0.05) is 12.8 Å². The number of carbonyl (C=O) groups is 2. The summed E-state index contributed by atoms with van der Waals surface area (Å²) < 4.78 is 0. The van der Waals surface area contributed by atoms with E-state index in [2.05, 4.69) is 9.88 Å². The molecule has 1 aromatic heterocycles. The van der Waals surface area contributed by atoms with Crippen LogP contribution in [0.3, 0.4) is 0 Å². The minimum atomic E-state index is -0.826. The van der Waals surface area contributed by atoms with Crippen molar-refractivity contribution in [3.8, 4) is 0 Å². The zero-order valence-corrected chi connectivity index (χ0v) is 16.5. The van der Waals surface area contributed by atoms with Crippen LogP contribution in [0.25, 0.3) is 10.9 Å². The van der Waals surface area contributed by atoms with Crippen molar-refractivity contribution in [1.29, 1.82) is 0 Å². The van der Waals surface area contributed by atoms with E-state index in [9.17, 15) is 9.59 Å². The molecule has 2 aliphatic rings. The van der Waals surface area contributed by atoms with E-state index in [4.69, 9.17) is 5.11 Å². The number of fused-ring (bicyclic) bond motifs is 3. The first-order valence-electron chi connectivity index (χ1n) is 10.4. The molecule has 2 N–H and O–H groups in total. The number of carboxylic acids is 1. The Morgan fingerprint density at radius 3 is 2.82 bits per heavy atom. The van der Waals surface area contributed by atoms with Gasteiger partial charge >= 0.3 is 5.97 Å². The van der Waals surface area contributed by atoms with Crippen molar-refractivity contribution in [1.82, 2.24) is 14.8 Å². The lowest BCUT2D eigenvalue weighted by molar-refractivity contribution is -0.137. The van der Waals surface area contributed by atoms with Crippen LogP contribution in [0.4, 0.5) is 0 Å². The molecule has 1 aliphatic heterocycles. The van der Waals surface area contributed by atoms with E-state index in [1.54, 1.807) is 11.9 Å². The van der Waals surface area contributed by atoms with E-state index in [1.807, 2.05) is 18.2 Å². The highest BCUT2D eigenvalue weighted by molar-refractivity contribution is 5.99. The van der Waals surface area contributed by atoms with Gasteiger partial charge in [-0.05, 0) is 43.0 Å². The average molecular weight is 383 g/mol. The number of amides is 1. The van der Waals surface area contributed by atoms with Crippen LogP contribution in [0.2, 0.25) is 0 Å². The number of aliphatic carboxylic acids is 1. The van der Waals surface area contributed by atoms with E-state index >= 15 is 0 Å². The molecule has 4 rings (SSSR count). The summed E-state index contributed by atoms with van der Waals surface area (Å²) in [6, 6.07) is 6.60. The smallest absolute Gasteiger partial charge is 0.303 e. The minimum Gasteiger partial charge on any atom is -0.481 e. The van der Waals surface area contributed by atoms with Crippen LogP contribution >= 0.6 is 0 Å². The number of hydrogen-bond donors (Lipinski definition) is 2. The standard InChI is InChI=1S/C22H29N3O3/c1-24(11-4-7-21(26)27)22(28)15-8-9-19-17(13-15)18-14-25(12-10-20(18)23-19)16-5-2-3-6-16/h8-9,13,16,23H,2-7,10-12,14H2,1H3,(H,26,27). The quantitative estimate of drug-likeness (QED) is 0.801. The number of H-pyrrole nitrogens is 1. The zero-order chi connectivity index (χ0) is 19.7. The van der Waals surface area contributed by atoms with Gasteiger partial charge in [0.15, 0.2) is 0 Å². The van der Waals surface area contributed by atoms with E-state index in [0.29, 0.717) is 24.6 Å². The summed E-state index contributed by atoms with van der Waals surface area (Å²) in [6.07, 6.45) is 6.89. The fourth-order valence-corrected chi connectivity index (χ4v) is 4.74. The van der Waals surface area contributed by atoms with Crippen molar-refractivity contribution in [2.45, 2.75) is 57.5 Å². The van der Waals surface area contributed by atoms with Gasteiger partial charge < -0.3 is 15.0 Å². The molecular weight excluding hydrogens is 354 g/mol. The fraction of sp³-hybridized carbons (Fsp3) is 0.545. The van der Waals surface area contributed by atoms with Crippen LogP contribution in [0.5, 0.6) is 0 Å². The lowest BCUT2D eigenvalue weighted by Crippen LogP contribution is -2.37. The number of carboxylic acid groups (broad SMARTS) is 1. The number of carbonyl (C=O) groups excluding carboxylic acids is 1. The Bertz CT molecular complexity index is 883. The van der Waals surface area contributed by atoms with Crippen molar-refractivity contribution in [3.05, 3.63) is 35.0 Å². The summed E-state index contributed by atoms with van der Waals surface area (Å²) in [6.45, 7) is 2.53. The number of rotatable bonds is 6. The molecule has 2 aromatic rings. The molecule has 0 spiro atoms. The fourth-order valence-electron chi connectivity index (χ4n) is 4.74. The van der Waals surface area contributed by atoms with Crippen molar-refractivity contribution < 1.29 is 14.7 Å². The van der Waals surface area contributed by atoms with Crippen LogP contribution in [0, 0.1) is 0 Å². The molecule has 0 atom stereocenters. The predicted molar refractivity (Wildman–Crippen MR) is 108 cm³/mol. The Hall–Kier alpha value is -2.34. The molecule has 1 amide bonds. The maximum Gasteiger partial charge on any atom is 0.303 e. The van der Waals surface area contributed by atoms with Crippen molar-refractivity contribution >= 4 is 22.8 Å². The molecule has 0 bridgehead atoms. The molecule has 1 fully saturated rings. The lowest BCUT2D eigenvalue weighted by atomic mass is 10.0. The highest BCUT2D eigenvalue weighted by Crippen LogP contribution is 2.33. The normalized spacial score (nSPS) is 17.8. The second kappa shape index (κ2) is 7.95. The molecule has 28 heavy (non-hydrogen) atoms. The summed E-state index contributed by atoms with van der Waals surface area (Å²) in [7, 11) is 1.74. The third kappa shape index (κ3) is 3.78. The molecule has 0 unspecified atom stereocenters. The Kier molecular flexibility index (Phi) is 5.40. The van der Waals surface area contributed by atoms with E-state index < -0.39 is 5.97 Å². The maximum absolute atomic E-state index is 12.8. The minimum absolute atomic E-state index is 0.0503. The van der Waals surface area contributed by atoms with Gasteiger partial charge in [0.1, 0.15) is 0 Å². The molecular formula is C22H29N3O3. The average Bonchev–Trinajstić information content (AvgIpc) is 3.34. The highest BCUT2D eigenvalue weighted by Gasteiger charge is 2.28. The van der Waals surface area contributed by atoms with E-state index in [0.717, 1.165) is 30.4 Å². The Labute approximate surface area is 165 Å². The summed E-state index contributed by atoms with van der Waals surface area (Å²) in [5, 5.41) is 9.93. The molecule has 2 heterocycles. The molecule has 0 saturated heterocycles. The topological polar surface area (TPSA) is 76.6 Å². The van der Waals surface area contributed by atoms with Gasteiger partial charge in [0.2, 0.25) is 0 Å². The van der Waals surface area contributed by atoms with Crippen molar-refractivity contribution in [2.75, 3.05) is 20.1 Å². The van der Waals surface area contributed by atoms with Crippen LogP contribution < -0.4 is 0 Å². The van der Waals surface area contributed by atoms with Gasteiger partial charge in [0.05, 0.1) is 0 Å². The predicted octanol–water partition coefficient (Wildman–Crippen LogP) is 3.41. The van der Waals surface area contributed by atoms with Gasteiger partial charge in [-0.15, -0.1) is 0 Å². The largest absolute Gasteiger partial charge is 0.481 e. The summed E-state index contributed by atoms with van der Waals surface area (Å²) in [5.41, 5.74) is 4.42. The summed E-state index contributed by atoms with van der Waals surface area (Å²) >= 11 is 0. The number of nitrogens with one attached hydrogen (secondary N) is 1. The molecule has 1 aliphatic carbocycles. The van der Waals surface area contributed by atoms with Crippen molar-refractivity contribution in [2.24, 2.45) is 0 Å². The highest BCUT2D eigenvalue weighted by atomic mass is 16.4. The first kappa shape index (κ1) is 19.0. The summed E-state index contributed by atoms with van der Waals surface area (Å²) in [5.74, 6) is -0.876. The van der Waals surface area contributed by atoms with Gasteiger partial charge in [0.25, 0.3) is 5.91 Å². The number of aromatic amines is 1. The monoisotopic (exact) mass is 383 g/mol.